The van der Waals surface area contributed by atoms with Crippen LogP contribution in [-0.4, -0.2) is 68.3 Å². The van der Waals surface area contributed by atoms with E-state index in [1.165, 1.54) is 30.6 Å². The Morgan fingerprint density at radius 3 is 2.55 bits per heavy atom. The molecule has 246 valence electrons. The lowest BCUT2D eigenvalue weighted by Gasteiger charge is -2.39. The summed E-state index contributed by atoms with van der Waals surface area (Å²) in [5.74, 6) is -0.795. The van der Waals surface area contributed by atoms with Crippen molar-refractivity contribution in [1.29, 1.82) is 0 Å². The van der Waals surface area contributed by atoms with Crippen LogP contribution in [-0.2, 0) is 16.0 Å². The number of carbonyl (C=O) groups excluding carboxylic acids is 2. The van der Waals surface area contributed by atoms with Gasteiger partial charge in [-0.15, -0.1) is 0 Å². The molecule has 4 aromatic rings. The molecule has 47 heavy (non-hydrogen) atoms. The third-order valence-corrected chi connectivity index (χ3v) is 9.60. The first kappa shape index (κ1) is 31.0. The number of hydrogen-bond donors (Lipinski definition) is 0. The molecule has 2 atom stereocenters. The molecule has 0 spiro atoms. The van der Waals surface area contributed by atoms with Crippen molar-refractivity contribution in [2.24, 2.45) is 5.92 Å². The van der Waals surface area contributed by atoms with E-state index in [0.29, 0.717) is 49.7 Å². The summed E-state index contributed by atoms with van der Waals surface area (Å²) in [4.78, 5) is 39.0. The second-order valence-corrected chi connectivity index (χ2v) is 12.6. The molecule has 0 bridgehead atoms. The van der Waals surface area contributed by atoms with Crippen LogP contribution in [0.1, 0.15) is 67.8 Å². The quantitative estimate of drug-likeness (QED) is 0.200. The van der Waals surface area contributed by atoms with Crippen molar-refractivity contribution in [3.8, 4) is 17.4 Å². The summed E-state index contributed by atoms with van der Waals surface area (Å²) in [6.45, 7) is 1.79. The number of aryl methyl sites for hydroxylation is 1. The minimum absolute atomic E-state index is 0.0185. The Labute approximate surface area is 270 Å². The highest BCUT2D eigenvalue weighted by molar-refractivity contribution is 5.87. The third-order valence-electron chi connectivity index (χ3n) is 9.60. The summed E-state index contributed by atoms with van der Waals surface area (Å²) < 4.78 is 54.6. The van der Waals surface area contributed by atoms with Gasteiger partial charge >= 0.3 is 0 Å². The fourth-order valence-corrected chi connectivity index (χ4v) is 6.82. The minimum atomic E-state index is -2.78. The van der Waals surface area contributed by atoms with Gasteiger partial charge in [-0.2, -0.15) is 4.98 Å². The molecule has 1 saturated carbocycles. The Hall–Kier alpha value is -4.61. The van der Waals surface area contributed by atoms with E-state index < -0.39 is 24.2 Å². The van der Waals surface area contributed by atoms with Gasteiger partial charge in [0.15, 0.2) is 29.1 Å². The van der Waals surface area contributed by atoms with Crippen LogP contribution in [0.2, 0.25) is 0 Å². The van der Waals surface area contributed by atoms with E-state index in [4.69, 9.17) is 9.47 Å². The summed E-state index contributed by atoms with van der Waals surface area (Å²) in [7, 11) is 0. The molecule has 2 aliphatic heterocycles. The number of carbonyl (C=O) groups is 2. The topological polar surface area (TPSA) is 89.3 Å². The second-order valence-electron chi connectivity index (χ2n) is 12.6. The Morgan fingerprint density at radius 2 is 1.83 bits per heavy atom. The number of alkyl halides is 2. The summed E-state index contributed by atoms with van der Waals surface area (Å²) in [5.41, 5.74) is 1.87. The standard InChI is InChI=1S/C35H36F3N5O4/c36-26-17-24-11-12-27(46-28(24)18-29(26)47-31-13-16-43-30(40-31)19-39-34(43)33(37)38)35(45)42(21-32(44)41-14-4-5-15-41)20-25(23-9-6-10-23)22-7-2-1-3-8-22/h1-3,7-8,13,16-19,23,25,27,33H,4-6,9-12,14-15,20-21H2/t25-,27-/m0/s1. The maximum atomic E-state index is 15.1. The van der Waals surface area contributed by atoms with Gasteiger partial charge < -0.3 is 19.3 Å². The first-order chi connectivity index (χ1) is 22.8. The van der Waals surface area contributed by atoms with Gasteiger partial charge in [-0.1, -0.05) is 36.8 Å². The van der Waals surface area contributed by atoms with Gasteiger partial charge in [0.1, 0.15) is 5.75 Å². The molecule has 2 aromatic heterocycles. The number of hydrogen-bond acceptors (Lipinski definition) is 6. The van der Waals surface area contributed by atoms with Crippen molar-refractivity contribution in [3.63, 3.8) is 0 Å². The summed E-state index contributed by atoms with van der Waals surface area (Å²) in [5, 5.41) is 0. The molecular formula is C35H36F3N5O4. The van der Waals surface area contributed by atoms with Crippen molar-refractivity contribution in [3.05, 3.63) is 83.7 Å². The average molecular weight is 648 g/mol. The number of halogens is 3. The molecule has 2 aromatic carbocycles. The average Bonchev–Trinajstić information content (AvgIpc) is 3.74. The maximum Gasteiger partial charge on any atom is 0.295 e. The van der Waals surface area contributed by atoms with Crippen LogP contribution in [0.3, 0.4) is 0 Å². The van der Waals surface area contributed by atoms with Gasteiger partial charge in [0, 0.05) is 43.9 Å². The second kappa shape index (κ2) is 13.2. The zero-order valence-electron chi connectivity index (χ0n) is 25.9. The summed E-state index contributed by atoms with van der Waals surface area (Å²) >= 11 is 0. The van der Waals surface area contributed by atoms with Crippen LogP contribution >= 0.6 is 0 Å². The van der Waals surface area contributed by atoms with E-state index in [-0.39, 0.29) is 41.6 Å². The number of nitrogens with zero attached hydrogens (tertiary/aromatic N) is 5. The molecule has 0 radical (unpaired) electrons. The fraction of sp³-hybridized carbons (Fsp3) is 0.429. The van der Waals surface area contributed by atoms with E-state index in [1.807, 2.05) is 23.1 Å². The van der Waals surface area contributed by atoms with Gasteiger partial charge in [-0.3, -0.25) is 14.0 Å². The summed E-state index contributed by atoms with van der Waals surface area (Å²) in [6.07, 6.45) is 4.85. The molecular weight excluding hydrogens is 611 g/mol. The number of rotatable bonds is 10. The summed E-state index contributed by atoms with van der Waals surface area (Å²) in [6, 6.07) is 14.2. The smallest absolute Gasteiger partial charge is 0.295 e. The zero-order chi connectivity index (χ0) is 32.5. The van der Waals surface area contributed by atoms with E-state index in [9.17, 15) is 18.4 Å². The molecule has 12 heteroatoms. The number of fused-ring (bicyclic) bond motifs is 2. The third kappa shape index (κ3) is 6.50. The zero-order valence-corrected chi connectivity index (χ0v) is 25.9. The van der Waals surface area contributed by atoms with Gasteiger partial charge in [0.2, 0.25) is 11.8 Å². The lowest BCUT2D eigenvalue weighted by Crippen LogP contribution is -2.50. The SMILES string of the molecule is O=C(CN(C[C@@H](c1ccccc1)C1CCC1)C(=O)[C@@H]1CCc2cc(F)c(Oc3ccn4c(C(F)F)ncc4n3)cc2O1)N1CCCC1. The molecule has 9 nitrogen and oxygen atoms in total. The van der Waals surface area contributed by atoms with Crippen molar-refractivity contribution in [1.82, 2.24) is 24.2 Å². The fourth-order valence-electron chi connectivity index (χ4n) is 6.82. The first-order valence-corrected chi connectivity index (χ1v) is 16.2. The van der Waals surface area contributed by atoms with Gasteiger partial charge in [0.25, 0.3) is 12.3 Å². The van der Waals surface area contributed by atoms with Crippen molar-refractivity contribution < 1.29 is 32.2 Å². The molecule has 0 unspecified atom stereocenters. The number of likely N-dealkylation sites (tertiary alicyclic amines) is 1. The predicted octanol–water partition coefficient (Wildman–Crippen LogP) is 6.33. The number of benzene rings is 2. The van der Waals surface area contributed by atoms with E-state index in [0.717, 1.165) is 42.1 Å². The molecule has 2 fully saturated rings. The minimum Gasteiger partial charge on any atom is -0.480 e. The molecule has 3 aliphatic rings. The number of amides is 2. The molecule has 1 saturated heterocycles. The van der Waals surface area contributed by atoms with E-state index in [2.05, 4.69) is 22.1 Å². The number of aromatic nitrogens is 3. The highest BCUT2D eigenvalue weighted by Crippen LogP contribution is 2.41. The molecule has 0 N–H and O–H groups in total. The molecule has 1 aliphatic carbocycles. The number of ether oxygens (including phenoxy) is 2. The lowest BCUT2D eigenvalue weighted by molar-refractivity contribution is -0.145. The van der Waals surface area contributed by atoms with Gasteiger partial charge in [-0.05, 0) is 61.6 Å². The van der Waals surface area contributed by atoms with Crippen LogP contribution in [0, 0.1) is 11.7 Å². The molecule has 7 rings (SSSR count). The highest BCUT2D eigenvalue weighted by atomic mass is 19.3. The largest absolute Gasteiger partial charge is 0.480 e. The monoisotopic (exact) mass is 647 g/mol. The van der Waals surface area contributed by atoms with E-state index in [1.54, 1.807) is 4.90 Å². The Morgan fingerprint density at radius 1 is 1.04 bits per heavy atom. The van der Waals surface area contributed by atoms with Gasteiger partial charge in [-0.25, -0.2) is 18.2 Å². The van der Waals surface area contributed by atoms with Crippen LogP contribution in [0.25, 0.3) is 5.65 Å². The van der Waals surface area contributed by atoms with Crippen LogP contribution in [0.5, 0.6) is 17.4 Å². The maximum absolute atomic E-state index is 15.1. The van der Waals surface area contributed by atoms with Crippen LogP contribution < -0.4 is 9.47 Å². The Balaban J connectivity index is 1.11. The van der Waals surface area contributed by atoms with Crippen molar-refractivity contribution in [2.45, 2.75) is 63.4 Å². The van der Waals surface area contributed by atoms with Crippen molar-refractivity contribution >= 4 is 17.5 Å². The Kier molecular flexibility index (Phi) is 8.74. The first-order valence-electron chi connectivity index (χ1n) is 16.2. The Bertz CT molecular complexity index is 1760. The van der Waals surface area contributed by atoms with Crippen molar-refractivity contribution in [2.75, 3.05) is 26.2 Å². The predicted molar refractivity (Wildman–Crippen MR) is 166 cm³/mol. The van der Waals surface area contributed by atoms with Gasteiger partial charge in [0.05, 0.1) is 12.7 Å². The van der Waals surface area contributed by atoms with E-state index >= 15 is 4.39 Å². The molecule has 4 heterocycles. The normalized spacial score (nSPS) is 18.5. The van der Waals surface area contributed by atoms with Crippen LogP contribution in [0.15, 0.2) is 60.9 Å². The highest BCUT2D eigenvalue weighted by Gasteiger charge is 2.37. The van der Waals surface area contributed by atoms with Crippen LogP contribution in [0.4, 0.5) is 13.2 Å². The molecule has 2 amide bonds. The number of imidazole rings is 1. The lowest BCUT2D eigenvalue weighted by atomic mass is 9.72.